The molecule has 310 valence electrons. The Kier molecular flexibility index (Phi) is 18.3. The summed E-state index contributed by atoms with van der Waals surface area (Å²) in [4.78, 5) is 91.8. The molecule has 0 bridgehead atoms. The molecule has 1 aromatic carbocycles. The summed E-state index contributed by atoms with van der Waals surface area (Å²) in [7, 11) is 1.10. The van der Waals surface area contributed by atoms with E-state index in [-0.39, 0.29) is 0 Å². The van der Waals surface area contributed by atoms with E-state index in [0.29, 0.717) is 10.5 Å². The van der Waals surface area contributed by atoms with Gasteiger partial charge in [-0.3, -0.25) is 24.0 Å². The smallest absolute Gasteiger partial charge is 0.417 e. The molecule has 0 radical (unpaired) electrons. The summed E-state index contributed by atoms with van der Waals surface area (Å²) in [6.45, 7) is 12.0. The minimum absolute atomic E-state index is 0.328. The lowest BCUT2D eigenvalue weighted by Crippen LogP contribution is -2.64. The van der Waals surface area contributed by atoms with E-state index in [1.54, 1.807) is 32.0 Å². The van der Waals surface area contributed by atoms with Gasteiger partial charge in [0.1, 0.15) is 41.9 Å². The number of ether oxygens (including phenoxy) is 2. The zero-order valence-corrected chi connectivity index (χ0v) is 32.8. The van der Waals surface area contributed by atoms with Crippen molar-refractivity contribution in [2.24, 2.45) is 17.6 Å². The number of hydrogen-bond donors (Lipinski definition) is 7. The number of carbonyl (C=O) groups is 7. The zero-order chi connectivity index (χ0) is 42.6. The Balaban J connectivity index is 3.53. The molecule has 0 aliphatic carbocycles. The molecule has 1 rings (SSSR count). The third-order valence-electron chi connectivity index (χ3n) is 8.19. The highest BCUT2D eigenvalue weighted by atomic mass is 19.3. The largest absolute Gasteiger partial charge is 0.467 e. The molecular formula is C36H56F2N6O11. The van der Waals surface area contributed by atoms with Crippen molar-refractivity contribution in [1.82, 2.24) is 26.2 Å². The van der Waals surface area contributed by atoms with Gasteiger partial charge in [-0.2, -0.15) is 8.78 Å². The van der Waals surface area contributed by atoms with Crippen LogP contribution >= 0.6 is 0 Å². The number of alkyl halides is 2. The van der Waals surface area contributed by atoms with Crippen LogP contribution in [0.3, 0.4) is 0 Å². The number of carbonyl (C=O) groups excluding carboxylic acids is 7. The first kappa shape index (κ1) is 48.3. The second-order valence-electron chi connectivity index (χ2n) is 14.7. The third kappa shape index (κ3) is 14.1. The van der Waals surface area contributed by atoms with Crippen molar-refractivity contribution in [3.8, 4) is 0 Å². The maximum Gasteiger partial charge on any atom is 0.417 e. The van der Waals surface area contributed by atoms with E-state index in [1.165, 1.54) is 46.8 Å². The highest BCUT2D eigenvalue weighted by Crippen LogP contribution is 2.25. The fraction of sp³-hybridized carbons (Fsp3) is 0.639. The number of nitrogens with zero attached hydrogens (tertiary/aromatic N) is 1. The summed E-state index contributed by atoms with van der Waals surface area (Å²) in [5, 5.41) is 29.1. The van der Waals surface area contributed by atoms with Gasteiger partial charge in [-0.15, -0.1) is 0 Å². The molecule has 55 heavy (non-hydrogen) atoms. The fourth-order valence-corrected chi connectivity index (χ4v) is 4.98. The van der Waals surface area contributed by atoms with E-state index >= 15 is 8.78 Å². The van der Waals surface area contributed by atoms with E-state index in [0.717, 1.165) is 21.0 Å². The van der Waals surface area contributed by atoms with Gasteiger partial charge in [0, 0.05) is 0 Å². The van der Waals surface area contributed by atoms with Gasteiger partial charge in [0.05, 0.1) is 19.8 Å². The molecule has 2 unspecified atom stereocenters. The Morgan fingerprint density at radius 3 is 1.84 bits per heavy atom. The maximum absolute atomic E-state index is 16.0. The SMILES string of the molecule is COC(=O)C(NC(=O)C(NC(=O)C(F)(F)[C@H](O)[C@H](Cc1ccccc1)NC(=O)[C@H](C)N(C(=O)OC(C)(C)C)C(=O)[C@H](C)NC(=O)[C@@H](N)CO)C(C)C)C(C)C. The van der Waals surface area contributed by atoms with Gasteiger partial charge in [0.15, 0.2) is 0 Å². The number of aliphatic hydroxyl groups is 2. The maximum atomic E-state index is 16.0. The summed E-state index contributed by atoms with van der Waals surface area (Å²) < 4.78 is 42.0. The third-order valence-corrected chi connectivity index (χ3v) is 8.19. The molecule has 7 atom stereocenters. The summed E-state index contributed by atoms with van der Waals surface area (Å²) in [6, 6.07) is -1.76. The molecule has 0 aromatic heterocycles. The summed E-state index contributed by atoms with van der Waals surface area (Å²) in [6.07, 6.45) is -4.79. The van der Waals surface area contributed by atoms with Crippen molar-refractivity contribution < 1.29 is 62.0 Å². The van der Waals surface area contributed by atoms with Crippen molar-refractivity contribution in [3.63, 3.8) is 0 Å². The fourth-order valence-electron chi connectivity index (χ4n) is 4.98. The van der Waals surface area contributed by atoms with E-state index in [9.17, 15) is 43.8 Å². The molecule has 0 saturated carbocycles. The lowest BCUT2D eigenvalue weighted by atomic mass is 9.95. The minimum Gasteiger partial charge on any atom is -0.467 e. The number of nitrogens with two attached hydrogens (primary N) is 1. The van der Waals surface area contributed by atoms with Crippen molar-refractivity contribution in [2.75, 3.05) is 13.7 Å². The van der Waals surface area contributed by atoms with Crippen LogP contribution in [0, 0.1) is 11.8 Å². The second-order valence-corrected chi connectivity index (χ2v) is 14.7. The van der Waals surface area contributed by atoms with Crippen LogP contribution in [0.25, 0.3) is 0 Å². The van der Waals surface area contributed by atoms with Crippen LogP contribution in [0.1, 0.15) is 67.9 Å². The standard InChI is InChI=1S/C36H56F2N6O11/c1-18(2)25(30(49)42-26(19(3)4)32(51)54-10)43-33(52)36(37,38)27(46)24(16-22-14-12-11-13-15-22)41-28(47)21(6)44(34(53)55-35(7,8)9)31(50)20(5)40-29(48)23(39)17-45/h11-15,18-21,23-27,45-46H,16-17,39H2,1-10H3,(H,40,48)(H,41,47)(H,42,49)(H,43,52)/t20-,21-,23-,24-,25?,26?,27+/m0/s1. The second kappa shape index (κ2) is 20.8. The number of esters is 1. The zero-order valence-electron chi connectivity index (χ0n) is 32.8. The van der Waals surface area contributed by atoms with E-state index in [4.69, 9.17) is 15.2 Å². The number of nitrogens with one attached hydrogen (secondary N) is 4. The average Bonchev–Trinajstić information content (AvgIpc) is 3.10. The van der Waals surface area contributed by atoms with Crippen molar-refractivity contribution in [3.05, 3.63) is 35.9 Å². The van der Waals surface area contributed by atoms with Crippen LogP contribution in [0.5, 0.6) is 0 Å². The average molecular weight is 787 g/mol. The molecule has 1 aromatic rings. The number of amides is 6. The van der Waals surface area contributed by atoms with Crippen LogP contribution in [0.2, 0.25) is 0 Å². The normalized spacial score (nSPS) is 15.7. The van der Waals surface area contributed by atoms with Crippen LogP contribution in [0.4, 0.5) is 13.6 Å². The quantitative estimate of drug-likeness (QED) is 0.0982. The molecule has 6 amide bonds. The van der Waals surface area contributed by atoms with E-state index < -0.39 is 120 Å². The van der Waals surface area contributed by atoms with Crippen LogP contribution in [-0.4, -0.2) is 124 Å². The predicted molar refractivity (Wildman–Crippen MR) is 194 cm³/mol. The number of methoxy groups -OCH3 is 1. The topological polar surface area (TPSA) is 256 Å². The number of hydrogen-bond acceptors (Lipinski definition) is 12. The molecule has 0 heterocycles. The predicted octanol–water partition coefficient (Wildman–Crippen LogP) is 0.141. The van der Waals surface area contributed by atoms with Crippen molar-refractivity contribution >= 4 is 41.6 Å². The molecule has 0 fully saturated rings. The van der Waals surface area contributed by atoms with Crippen molar-refractivity contribution in [2.45, 2.75) is 123 Å². The van der Waals surface area contributed by atoms with Crippen LogP contribution in [0.15, 0.2) is 30.3 Å². The van der Waals surface area contributed by atoms with E-state index in [2.05, 4.69) is 16.0 Å². The Bertz CT molecular complexity index is 1510. The van der Waals surface area contributed by atoms with Crippen molar-refractivity contribution in [1.29, 1.82) is 0 Å². The van der Waals surface area contributed by atoms with Gasteiger partial charge in [-0.05, 0) is 58.4 Å². The lowest BCUT2D eigenvalue weighted by molar-refractivity contribution is -0.169. The first-order valence-electron chi connectivity index (χ1n) is 17.6. The number of imide groups is 1. The van der Waals surface area contributed by atoms with Gasteiger partial charge in [0.2, 0.25) is 17.7 Å². The molecular weight excluding hydrogens is 730 g/mol. The van der Waals surface area contributed by atoms with Crippen LogP contribution < -0.4 is 27.0 Å². The molecule has 17 nitrogen and oxygen atoms in total. The molecule has 0 spiro atoms. The molecule has 0 aliphatic rings. The highest BCUT2D eigenvalue weighted by molar-refractivity contribution is 6.01. The molecule has 0 aliphatic heterocycles. The van der Waals surface area contributed by atoms with Gasteiger partial charge in [-0.25, -0.2) is 14.5 Å². The Morgan fingerprint density at radius 1 is 0.818 bits per heavy atom. The monoisotopic (exact) mass is 786 g/mol. The number of benzene rings is 1. The first-order valence-corrected chi connectivity index (χ1v) is 17.6. The summed E-state index contributed by atoms with van der Waals surface area (Å²) in [5.41, 5.74) is 4.64. The number of aliphatic hydroxyl groups excluding tert-OH is 2. The van der Waals surface area contributed by atoms with Gasteiger partial charge >= 0.3 is 18.0 Å². The van der Waals surface area contributed by atoms with E-state index in [1.807, 2.05) is 5.32 Å². The van der Waals surface area contributed by atoms with Crippen LogP contribution in [-0.2, 0) is 44.7 Å². The molecule has 8 N–H and O–H groups in total. The number of rotatable bonds is 18. The Morgan fingerprint density at radius 2 is 1.36 bits per heavy atom. The van der Waals surface area contributed by atoms with Gasteiger partial charge in [0.25, 0.3) is 11.8 Å². The molecule has 19 heteroatoms. The van der Waals surface area contributed by atoms with Gasteiger partial charge in [-0.1, -0.05) is 58.0 Å². The number of halogens is 2. The Hall–Kier alpha value is -4.75. The summed E-state index contributed by atoms with van der Waals surface area (Å²) >= 11 is 0. The first-order chi connectivity index (χ1) is 25.3. The molecule has 0 saturated heterocycles. The highest BCUT2D eigenvalue weighted by Gasteiger charge is 2.52. The van der Waals surface area contributed by atoms with Gasteiger partial charge < -0.3 is 46.7 Å². The Labute approximate surface area is 319 Å². The lowest BCUT2D eigenvalue weighted by Gasteiger charge is -2.34. The minimum atomic E-state index is -4.67. The summed E-state index contributed by atoms with van der Waals surface area (Å²) in [5.74, 6) is -13.2.